The first-order valence-electron chi connectivity index (χ1n) is 7.26. The number of nitrogens with two attached hydrogens (primary N) is 1. The number of amides is 2. The van der Waals surface area contributed by atoms with Gasteiger partial charge in [0.15, 0.2) is 0 Å². The van der Waals surface area contributed by atoms with Crippen molar-refractivity contribution in [2.24, 2.45) is 5.73 Å². The van der Waals surface area contributed by atoms with E-state index in [1.165, 1.54) is 0 Å². The van der Waals surface area contributed by atoms with Gasteiger partial charge in [-0.15, -0.1) is 0 Å². The second-order valence-electron chi connectivity index (χ2n) is 6.17. The monoisotopic (exact) mass is 285 g/mol. The highest BCUT2D eigenvalue weighted by molar-refractivity contribution is 5.76. The molecule has 1 rings (SSSR count). The van der Waals surface area contributed by atoms with Crippen LogP contribution in [0.25, 0.3) is 0 Å². The molecule has 2 N–H and O–H groups in total. The summed E-state index contributed by atoms with van der Waals surface area (Å²) in [7, 11) is 0. The maximum atomic E-state index is 12.2. The minimum atomic E-state index is -0.477. The number of esters is 1. The van der Waals surface area contributed by atoms with Gasteiger partial charge in [-0.2, -0.15) is 0 Å². The van der Waals surface area contributed by atoms with Gasteiger partial charge in [0.2, 0.25) is 0 Å². The fraction of sp³-hybridized carbons (Fsp3) is 0.857. The summed E-state index contributed by atoms with van der Waals surface area (Å²) >= 11 is 0. The number of ether oxygens (including phenoxy) is 1. The number of urea groups is 1. The molecule has 1 fully saturated rings. The lowest BCUT2D eigenvalue weighted by Crippen LogP contribution is -2.46. The summed E-state index contributed by atoms with van der Waals surface area (Å²) in [4.78, 5) is 27.2. The zero-order valence-corrected chi connectivity index (χ0v) is 13.0. The largest absolute Gasteiger partial charge is 0.459 e. The van der Waals surface area contributed by atoms with Gasteiger partial charge in [-0.1, -0.05) is 6.92 Å². The Morgan fingerprint density at radius 3 is 2.35 bits per heavy atom. The molecular weight excluding hydrogens is 258 g/mol. The predicted molar refractivity (Wildman–Crippen MR) is 77.3 cm³/mol. The number of hydrogen-bond donors (Lipinski definition) is 1. The molecule has 0 saturated carbocycles. The highest BCUT2D eigenvalue weighted by atomic mass is 16.6. The number of hydrogen-bond acceptors (Lipinski definition) is 4. The fourth-order valence-corrected chi connectivity index (χ4v) is 2.41. The molecular formula is C14H27N3O3. The Labute approximate surface area is 121 Å². The molecule has 20 heavy (non-hydrogen) atoms. The molecule has 116 valence electrons. The van der Waals surface area contributed by atoms with E-state index < -0.39 is 11.6 Å². The zero-order valence-electron chi connectivity index (χ0n) is 13.0. The van der Waals surface area contributed by atoms with Gasteiger partial charge in [0.05, 0.1) is 0 Å². The van der Waals surface area contributed by atoms with E-state index in [2.05, 4.69) is 4.90 Å². The predicted octanol–water partition coefficient (Wildman–Crippen LogP) is 1.19. The van der Waals surface area contributed by atoms with E-state index in [1.54, 1.807) is 4.90 Å². The van der Waals surface area contributed by atoms with Crippen LogP contribution in [0.3, 0.4) is 0 Å². The number of rotatable bonds is 3. The lowest BCUT2D eigenvalue weighted by atomic mass is 10.1. The molecule has 6 nitrogen and oxygen atoms in total. The van der Waals surface area contributed by atoms with Crippen molar-refractivity contribution in [2.45, 2.75) is 52.2 Å². The van der Waals surface area contributed by atoms with E-state index in [0.29, 0.717) is 26.1 Å². The van der Waals surface area contributed by atoms with E-state index in [9.17, 15) is 9.59 Å². The second kappa shape index (κ2) is 6.92. The van der Waals surface area contributed by atoms with Gasteiger partial charge in [0.1, 0.15) is 11.6 Å². The van der Waals surface area contributed by atoms with Crippen LogP contribution in [0.2, 0.25) is 0 Å². The van der Waals surface area contributed by atoms with E-state index in [-0.39, 0.29) is 12.0 Å². The van der Waals surface area contributed by atoms with Crippen LogP contribution in [-0.2, 0) is 9.53 Å². The van der Waals surface area contributed by atoms with E-state index in [0.717, 1.165) is 13.0 Å². The van der Waals surface area contributed by atoms with Crippen LogP contribution in [0, 0.1) is 0 Å². The first-order valence-corrected chi connectivity index (χ1v) is 7.26. The van der Waals surface area contributed by atoms with Gasteiger partial charge in [-0.25, -0.2) is 4.79 Å². The van der Waals surface area contributed by atoms with Crippen molar-refractivity contribution in [2.75, 3.05) is 26.2 Å². The van der Waals surface area contributed by atoms with Crippen LogP contribution in [0.15, 0.2) is 0 Å². The molecule has 0 aliphatic carbocycles. The molecule has 1 aliphatic heterocycles. The van der Waals surface area contributed by atoms with Crippen molar-refractivity contribution in [1.82, 2.24) is 9.80 Å². The molecule has 1 aliphatic rings. The van der Waals surface area contributed by atoms with Crippen molar-refractivity contribution in [3.8, 4) is 0 Å². The highest BCUT2D eigenvalue weighted by Gasteiger charge is 2.30. The molecule has 1 saturated heterocycles. The van der Waals surface area contributed by atoms with Crippen LogP contribution < -0.4 is 5.73 Å². The summed E-state index contributed by atoms with van der Waals surface area (Å²) in [5.41, 5.74) is 4.83. The quantitative estimate of drug-likeness (QED) is 0.790. The third kappa shape index (κ3) is 5.00. The number of primary amides is 1. The number of nitrogens with zero attached hydrogens (tertiary/aromatic N) is 2. The Kier molecular flexibility index (Phi) is 5.80. The normalized spacial score (nSPS) is 19.3. The van der Waals surface area contributed by atoms with Gasteiger partial charge < -0.3 is 15.4 Å². The average Bonchev–Trinajstić information content (AvgIpc) is 2.53. The van der Waals surface area contributed by atoms with Crippen molar-refractivity contribution in [3.63, 3.8) is 0 Å². The molecule has 0 spiro atoms. The summed E-state index contributed by atoms with van der Waals surface area (Å²) in [5.74, 6) is -0.187. The molecule has 1 unspecified atom stereocenters. The highest BCUT2D eigenvalue weighted by Crippen LogP contribution is 2.15. The minimum absolute atomic E-state index is 0.187. The minimum Gasteiger partial charge on any atom is -0.459 e. The molecule has 0 bridgehead atoms. The SMILES string of the molecule is CCC(C(=O)OC(C)(C)C)N1CCCN(C(N)=O)CC1. The Hall–Kier alpha value is -1.30. The van der Waals surface area contributed by atoms with E-state index >= 15 is 0 Å². The van der Waals surface area contributed by atoms with Crippen molar-refractivity contribution in [1.29, 1.82) is 0 Å². The van der Waals surface area contributed by atoms with Crippen molar-refractivity contribution >= 4 is 12.0 Å². The smallest absolute Gasteiger partial charge is 0.323 e. The molecule has 0 aromatic rings. The molecule has 0 aromatic carbocycles. The topological polar surface area (TPSA) is 75.9 Å². The van der Waals surface area contributed by atoms with Crippen LogP contribution in [0.4, 0.5) is 4.79 Å². The standard InChI is InChI=1S/C14H27N3O3/c1-5-11(12(18)20-14(2,3)4)16-7-6-8-17(10-9-16)13(15)19/h11H,5-10H2,1-4H3,(H2,15,19). The molecule has 0 aromatic heterocycles. The molecule has 1 atom stereocenters. The average molecular weight is 285 g/mol. The molecule has 6 heteroatoms. The summed E-state index contributed by atoms with van der Waals surface area (Å²) in [6.45, 7) is 10.2. The van der Waals surface area contributed by atoms with E-state index in [4.69, 9.17) is 10.5 Å². The first-order chi connectivity index (χ1) is 9.24. The van der Waals surface area contributed by atoms with Crippen molar-refractivity contribution < 1.29 is 14.3 Å². The van der Waals surface area contributed by atoms with Crippen LogP contribution in [0.1, 0.15) is 40.5 Å². The summed E-state index contributed by atoms with van der Waals surface area (Å²) in [6, 6.07) is -0.640. The Bertz CT molecular complexity index is 352. The summed E-state index contributed by atoms with van der Waals surface area (Å²) in [5, 5.41) is 0. The lowest BCUT2D eigenvalue weighted by molar-refractivity contribution is -0.161. The van der Waals surface area contributed by atoms with Gasteiger partial charge in [-0.3, -0.25) is 9.69 Å². The van der Waals surface area contributed by atoms with Crippen LogP contribution in [-0.4, -0.2) is 59.6 Å². The Balaban J connectivity index is 2.65. The van der Waals surface area contributed by atoms with Gasteiger partial charge in [-0.05, 0) is 33.6 Å². The molecule has 0 radical (unpaired) electrons. The summed E-state index contributed by atoms with van der Waals surface area (Å²) in [6.07, 6.45) is 1.52. The maximum absolute atomic E-state index is 12.2. The maximum Gasteiger partial charge on any atom is 0.323 e. The van der Waals surface area contributed by atoms with Crippen molar-refractivity contribution in [3.05, 3.63) is 0 Å². The van der Waals surface area contributed by atoms with Crippen LogP contribution in [0.5, 0.6) is 0 Å². The number of carbonyl (C=O) groups is 2. The fourth-order valence-electron chi connectivity index (χ4n) is 2.41. The zero-order chi connectivity index (χ0) is 15.3. The Morgan fingerprint density at radius 1 is 1.20 bits per heavy atom. The Morgan fingerprint density at radius 2 is 1.85 bits per heavy atom. The van der Waals surface area contributed by atoms with Crippen LogP contribution >= 0.6 is 0 Å². The molecule has 1 heterocycles. The summed E-state index contributed by atoms with van der Waals surface area (Å²) < 4.78 is 5.47. The van der Waals surface area contributed by atoms with Gasteiger partial charge in [0.25, 0.3) is 0 Å². The lowest BCUT2D eigenvalue weighted by Gasteiger charge is -2.31. The van der Waals surface area contributed by atoms with Gasteiger partial charge >= 0.3 is 12.0 Å². The van der Waals surface area contributed by atoms with E-state index in [1.807, 2.05) is 27.7 Å². The number of carbonyl (C=O) groups excluding carboxylic acids is 2. The first kappa shape index (κ1) is 16.8. The third-order valence-corrected chi connectivity index (χ3v) is 3.35. The second-order valence-corrected chi connectivity index (χ2v) is 6.17. The molecule has 2 amide bonds. The van der Waals surface area contributed by atoms with Gasteiger partial charge in [0, 0.05) is 26.2 Å². The third-order valence-electron chi connectivity index (χ3n) is 3.35.